The number of carbonyl (C=O) groups excluding carboxylic acids is 1. The number of nitrogens with one attached hydrogen (secondary N) is 1. The monoisotopic (exact) mass is 426 g/mol. The van der Waals surface area contributed by atoms with Crippen molar-refractivity contribution in [1.82, 2.24) is 14.5 Å². The third kappa shape index (κ3) is 3.42. The van der Waals surface area contributed by atoms with E-state index in [1.807, 2.05) is 55.6 Å². The number of hydrogen-bond donors (Lipinski definition) is 1. The zero-order valence-corrected chi connectivity index (χ0v) is 18.5. The molecule has 5 rings (SSSR count). The van der Waals surface area contributed by atoms with E-state index in [0.29, 0.717) is 17.3 Å². The number of hydrogen-bond acceptors (Lipinski definition) is 3. The number of anilines is 1. The highest BCUT2D eigenvalue weighted by Gasteiger charge is 2.29. The van der Waals surface area contributed by atoms with Crippen LogP contribution in [0.25, 0.3) is 22.2 Å². The lowest BCUT2D eigenvalue weighted by molar-refractivity contribution is -0.119. The van der Waals surface area contributed by atoms with E-state index >= 15 is 0 Å². The van der Waals surface area contributed by atoms with Gasteiger partial charge in [-0.1, -0.05) is 36.4 Å². The number of aryl methyl sites for hydroxylation is 1. The minimum atomic E-state index is -0.275. The molecule has 1 fully saturated rings. The summed E-state index contributed by atoms with van der Waals surface area (Å²) in [6.45, 7) is 1.92. The summed E-state index contributed by atoms with van der Waals surface area (Å²) in [5.41, 5.74) is 4.40. The molecule has 3 heterocycles. The van der Waals surface area contributed by atoms with Gasteiger partial charge < -0.3 is 9.55 Å². The zero-order chi connectivity index (χ0) is 22.4. The first-order chi connectivity index (χ1) is 15.5. The number of benzene rings is 1. The average molecular weight is 427 g/mol. The van der Waals surface area contributed by atoms with Crippen molar-refractivity contribution < 1.29 is 4.79 Å². The van der Waals surface area contributed by atoms with Gasteiger partial charge in [-0.15, -0.1) is 0 Å². The number of likely N-dealkylation sites (N-methyl/N-ethyl adjacent to an activating group) is 1. The molecule has 1 atom stereocenters. The van der Waals surface area contributed by atoms with E-state index in [0.717, 1.165) is 35.0 Å². The first-order valence-corrected chi connectivity index (χ1v) is 11.0. The average Bonchev–Trinajstić information content (AvgIpc) is 3.55. The molecule has 0 spiro atoms. The van der Waals surface area contributed by atoms with Gasteiger partial charge in [0.2, 0.25) is 5.91 Å². The van der Waals surface area contributed by atoms with E-state index in [1.165, 1.54) is 5.56 Å². The predicted molar refractivity (Wildman–Crippen MR) is 127 cm³/mol. The van der Waals surface area contributed by atoms with Crippen molar-refractivity contribution in [2.45, 2.75) is 31.6 Å². The van der Waals surface area contributed by atoms with Crippen molar-refractivity contribution in [2.24, 2.45) is 7.05 Å². The molecule has 32 heavy (non-hydrogen) atoms. The summed E-state index contributed by atoms with van der Waals surface area (Å²) >= 11 is 0. The Morgan fingerprint density at radius 2 is 1.91 bits per heavy atom. The SMILES string of the molecule is C[C@@H](C(=O)N(C)c1ccc(C2CC2)c(-c2cn(C)c(=O)c3[nH]ccc23)n1)c1ccccc1. The van der Waals surface area contributed by atoms with Gasteiger partial charge in [0, 0.05) is 37.4 Å². The fourth-order valence-corrected chi connectivity index (χ4v) is 4.33. The first kappa shape index (κ1) is 20.2. The van der Waals surface area contributed by atoms with Gasteiger partial charge >= 0.3 is 0 Å². The van der Waals surface area contributed by atoms with Crippen LogP contribution in [0.1, 0.15) is 42.7 Å². The fraction of sp³-hybridized carbons (Fsp3) is 0.269. The Kier molecular flexibility index (Phi) is 4.93. The summed E-state index contributed by atoms with van der Waals surface area (Å²) in [4.78, 5) is 35.4. The Hall–Kier alpha value is -3.67. The molecule has 6 nitrogen and oxygen atoms in total. The summed E-state index contributed by atoms with van der Waals surface area (Å²) in [6, 6.07) is 15.7. The number of amides is 1. The van der Waals surface area contributed by atoms with E-state index in [1.54, 1.807) is 29.8 Å². The molecule has 6 heteroatoms. The second-order valence-electron chi connectivity index (χ2n) is 8.64. The summed E-state index contributed by atoms with van der Waals surface area (Å²) in [5.74, 6) is 0.793. The third-order valence-corrected chi connectivity index (χ3v) is 6.42. The fourth-order valence-electron chi connectivity index (χ4n) is 4.33. The zero-order valence-electron chi connectivity index (χ0n) is 18.5. The minimum Gasteiger partial charge on any atom is -0.357 e. The Balaban J connectivity index is 1.59. The number of pyridine rings is 2. The van der Waals surface area contributed by atoms with Crippen molar-refractivity contribution in [3.05, 3.63) is 82.4 Å². The lowest BCUT2D eigenvalue weighted by atomic mass is 9.99. The third-order valence-electron chi connectivity index (χ3n) is 6.42. The predicted octanol–water partition coefficient (Wildman–Crippen LogP) is 4.57. The van der Waals surface area contributed by atoms with Gasteiger partial charge in [-0.05, 0) is 48.9 Å². The van der Waals surface area contributed by atoms with E-state index < -0.39 is 0 Å². The van der Waals surface area contributed by atoms with Crippen LogP contribution in [0.3, 0.4) is 0 Å². The number of aromatic nitrogens is 3. The van der Waals surface area contributed by atoms with Gasteiger partial charge in [0.1, 0.15) is 11.3 Å². The Bertz CT molecular complexity index is 1370. The Morgan fingerprint density at radius 3 is 2.62 bits per heavy atom. The maximum Gasteiger partial charge on any atom is 0.274 e. The standard InChI is InChI=1S/C26H26N4O2/c1-16(17-7-5-4-6-8-17)25(31)30(3)22-12-11-19(18-9-10-18)23(28-22)21-15-29(2)26(32)24-20(21)13-14-27-24/h4-8,11-16,18,27H,9-10H2,1-3H3/t16-/m1/s1. The lowest BCUT2D eigenvalue weighted by Gasteiger charge is -2.22. The molecule has 1 amide bonds. The molecule has 0 radical (unpaired) electrons. The molecule has 1 N–H and O–H groups in total. The summed E-state index contributed by atoms with van der Waals surface area (Å²) in [7, 11) is 3.53. The van der Waals surface area contributed by atoms with Crippen molar-refractivity contribution in [3.8, 4) is 11.3 Å². The lowest BCUT2D eigenvalue weighted by Crippen LogP contribution is -2.31. The van der Waals surface area contributed by atoms with Crippen LogP contribution in [0, 0.1) is 0 Å². The van der Waals surface area contributed by atoms with Gasteiger partial charge in [0.05, 0.1) is 11.6 Å². The minimum absolute atomic E-state index is 0.0129. The van der Waals surface area contributed by atoms with Crippen molar-refractivity contribution in [2.75, 3.05) is 11.9 Å². The molecule has 3 aromatic heterocycles. The van der Waals surface area contributed by atoms with Crippen LogP contribution >= 0.6 is 0 Å². The highest BCUT2D eigenvalue weighted by molar-refractivity contribution is 5.98. The summed E-state index contributed by atoms with van der Waals surface area (Å²) < 4.78 is 1.59. The van der Waals surface area contributed by atoms with Crippen LogP contribution < -0.4 is 10.5 Å². The van der Waals surface area contributed by atoms with Gasteiger partial charge in [-0.25, -0.2) is 4.98 Å². The smallest absolute Gasteiger partial charge is 0.274 e. The quantitative estimate of drug-likeness (QED) is 0.508. The van der Waals surface area contributed by atoms with Gasteiger partial charge in [0.15, 0.2) is 0 Å². The molecule has 0 aliphatic heterocycles. The van der Waals surface area contributed by atoms with Crippen molar-refractivity contribution >= 4 is 22.6 Å². The molecule has 0 unspecified atom stereocenters. The molecule has 162 valence electrons. The van der Waals surface area contributed by atoms with Crippen LogP contribution in [0.4, 0.5) is 5.82 Å². The van der Waals surface area contributed by atoms with Crippen LogP contribution in [0.15, 0.2) is 65.7 Å². The van der Waals surface area contributed by atoms with Crippen LogP contribution in [0.5, 0.6) is 0 Å². The van der Waals surface area contributed by atoms with E-state index in [-0.39, 0.29) is 17.4 Å². The molecule has 1 saturated carbocycles. The molecule has 1 aliphatic carbocycles. The Labute approximate surface area is 186 Å². The summed E-state index contributed by atoms with van der Waals surface area (Å²) in [6.07, 6.45) is 5.91. The van der Waals surface area contributed by atoms with E-state index in [2.05, 4.69) is 11.1 Å². The maximum absolute atomic E-state index is 13.2. The van der Waals surface area contributed by atoms with Gasteiger partial charge in [-0.3, -0.25) is 14.5 Å². The van der Waals surface area contributed by atoms with Crippen molar-refractivity contribution in [3.63, 3.8) is 0 Å². The molecular weight excluding hydrogens is 400 g/mol. The second kappa shape index (κ2) is 7.79. The normalized spacial score (nSPS) is 14.5. The number of rotatable bonds is 5. The number of carbonyl (C=O) groups is 1. The Morgan fingerprint density at radius 1 is 1.16 bits per heavy atom. The van der Waals surface area contributed by atoms with Gasteiger partial charge in [0.25, 0.3) is 5.56 Å². The van der Waals surface area contributed by atoms with Crippen LogP contribution in [-0.4, -0.2) is 27.5 Å². The van der Waals surface area contributed by atoms with Gasteiger partial charge in [-0.2, -0.15) is 0 Å². The topological polar surface area (TPSA) is 71.0 Å². The summed E-state index contributed by atoms with van der Waals surface area (Å²) in [5, 5.41) is 0.853. The number of nitrogens with zero attached hydrogens (tertiary/aromatic N) is 3. The van der Waals surface area contributed by atoms with Crippen LogP contribution in [-0.2, 0) is 11.8 Å². The first-order valence-electron chi connectivity index (χ1n) is 11.0. The molecule has 4 aromatic rings. The molecule has 0 bridgehead atoms. The largest absolute Gasteiger partial charge is 0.357 e. The molecule has 1 aliphatic rings. The highest BCUT2D eigenvalue weighted by Crippen LogP contribution is 2.45. The molecular formula is C26H26N4O2. The molecule has 0 saturated heterocycles. The number of aromatic amines is 1. The maximum atomic E-state index is 13.2. The van der Waals surface area contributed by atoms with Crippen molar-refractivity contribution in [1.29, 1.82) is 0 Å². The van der Waals surface area contributed by atoms with E-state index in [4.69, 9.17) is 4.98 Å². The van der Waals surface area contributed by atoms with Crippen LogP contribution in [0.2, 0.25) is 0 Å². The molecule has 1 aromatic carbocycles. The number of H-pyrrole nitrogens is 1. The highest BCUT2D eigenvalue weighted by atomic mass is 16.2. The van der Waals surface area contributed by atoms with E-state index in [9.17, 15) is 9.59 Å². The number of fused-ring (bicyclic) bond motifs is 1. The second-order valence-corrected chi connectivity index (χ2v) is 8.64.